The summed E-state index contributed by atoms with van der Waals surface area (Å²) >= 11 is 0. The molecule has 2 aromatic carbocycles. The Hall–Kier alpha value is -3.15. The number of carbonyl (C=O) groups is 3. The second kappa shape index (κ2) is 6.16. The largest absolute Gasteiger partial charge is 0.478 e. The zero-order valence-corrected chi connectivity index (χ0v) is 13.1. The van der Waals surface area contributed by atoms with Crippen LogP contribution in [0.2, 0.25) is 0 Å². The van der Waals surface area contributed by atoms with Crippen molar-refractivity contribution in [2.45, 2.75) is 19.3 Å². The van der Waals surface area contributed by atoms with Crippen LogP contribution in [0.3, 0.4) is 0 Å². The van der Waals surface area contributed by atoms with Crippen molar-refractivity contribution in [3.8, 4) is 0 Å². The van der Waals surface area contributed by atoms with Gasteiger partial charge in [0.05, 0.1) is 16.7 Å². The third-order valence-corrected chi connectivity index (χ3v) is 4.06. The first-order chi connectivity index (χ1) is 11.1. The second-order valence-corrected chi connectivity index (χ2v) is 5.88. The first-order valence-electron chi connectivity index (χ1n) is 7.09. The van der Waals surface area contributed by atoms with E-state index >= 15 is 0 Å². The number of carboxylic acid groups (broad SMARTS) is 3. The number of benzene rings is 2. The summed E-state index contributed by atoms with van der Waals surface area (Å²) in [5.41, 5.74) is 0.374. The molecule has 0 spiro atoms. The van der Waals surface area contributed by atoms with Crippen molar-refractivity contribution in [1.82, 2.24) is 0 Å². The molecule has 6 heteroatoms. The number of hydrogen-bond acceptors (Lipinski definition) is 3. The van der Waals surface area contributed by atoms with Crippen LogP contribution in [0.15, 0.2) is 42.5 Å². The van der Waals surface area contributed by atoms with E-state index in [0.717, 1.165) is 5.56 Å². The van der Waals surface area contributed by atoms with E-state index in [-0.39, 0.29) is 16.7 Å². The molecule has 0 heterocycles. The summed E-state index contributed by atoms with van der Waals surface area (Å²) in [5.74, 6) is -3.65. The molecule has 2 aromatic rings. The zero-order chi connectivity index (χ0) is 18.1. The molecule has 0 atom stereocenters. The first-order valence-corrected chi connectivity index (χ1v) is 7.09. The zero-order valence-electron chi connectivity index (χ0n) is 13.1. The summed E-state index contributed by atoms with van der Waals surface area (Å²) < 4.78 is 0. The van der Waals surface area contributed by atoms with Gasteiger partial charge in [0.25, 0.3) is 0 Å². The van der Waals surface area contributed by atoms with Gasteiger partial charge in [-0.25, -0.2) is 14.4 Å². The molecule has 0 fully saturated rings. The standard InChI is InChI=1S/C18H16O6/c1-18(2,11-5-3-10(4-6-11)15(19)20)12-7-8-13(16(21)22)14(9-12)17(23)24/h3-9H,1-2H3,(H,19,20)(H,21,22)(H,23,24). The number of aromatic carboxylic acids is 3. The summed E-state index contributed by atoms with van der Waals surface area (Å²) in [7, 11) is 0. The highest BCUT2D eigenvalue weighted by atomic mass is 16.4. The van der Waals surface area contributed by atoms with Crippen LogP contribution in [-0.4, -0.2) is 33.2 Å². The molecule has 124 valence electrons. The highest BCUT2D eigenvalue weighted by molar-refractivity contribution is 6.01. The quantitative estimate of drug-likeness (QED) is 0.777. The van der Waals surface area contributed by atoms with Gasteiger partial charge in [-0.2, -0.15) is 0 Å². The Morgan fingerprint density at radius 3 is 1.67 bits per heavy atom. The first kappa shape index (κ1) is 17.2. The van der Waals surface area contributed by atoms with E-state index in [4.69, 9.17) is 10.2 Å². The monoisotopic (exact) mass is 328 g/mol. The van der Waals surface area contributed by atoms with Gasteiger partial charge in [-0.15, -0.1) is 0 Å². The Labute approximate surface area is 138 Å². The van der Waals surface area contributed by atoms with Crippen molar-refractivity contribution in [2.75, 3.05) is 0 Å². The molecule has 0 aliphatic carbocycles. The molecule has 0 aliphatic heterocycles. The molecular weight excluding hydrogens is 312 g/mol. The molecule has 0 radical (unpaired) electrons. The molecule has 3 N–H and O–H groups in total. The lowest BCUT2D eigenvalue weighted by atomic mass is 9.77. The number of carboxylic acids is 3. The second-order valence-electron chi connectivity index (χ2n) is 5.88. The summed E-state index contributed by atoms with van der Waals surface area (Å²) in [6.45, 7) is 3.70. The lowest BCUT2D eigenvalue weighted by Gasteiger charge is -2.27. The summed E-state index contributed by atoms with van der Waals surface area (Å²) in [6, 6.07) is 10.5. The van der Waals surface area contributed by atoms with Crippen LogP contribution in [0.4, 0.5) is 0 Å². The molecule has 0 bridgehead atoms. The molecule has 24 heavy (non-hydrogen) atoms. The Bertz CT molecular complexity index is 818. The van der Waals surface area contributed by atoms with E-state index in [1.54, 1.807) is 18.2 Å². The van der Waals surface area contributed by atoms with Gasteiger partial charge in [-0.3, -0.25) is 0 Å². The SMILES string of the molecule is CC(C)(c1ccc(C(=O)O)cc1)c1ccc(C(=O)O)c(C(=O)O)c1. The highest BCUT2D eigenvalue weighted by Gasteiger charge is 2.26. The van der Waals surface area contributed by atoms with Gasteiger partial charge in [0.2, 0.25) is 0 Å². The van der Waals surface area contributed by atoms with Crippen LogP contribution in [-0.2, 0) is 5.41 Å². The molecule has 0 saturated carbocycles. The molecule has 2 rings (SSSR count). The lowest BCUT2D eigenvalue weighted by Crippen LogP contribution is -2.21. The van der Waals surface area contributed by atoms with Crippen LogP contribution in [0.1, 0.15) is 56.0 Å². The van der Waals surface area contributed by atoms with E-state index in [1.807, 2.05) is 13.8 Å². The number of rotatable bonds is 5. The third-order valence-electron chi connectivity index (χ3n) is 4.06. The Morgan fingerprint density at radius 2 is 1.21 bits per heavy atom. The normalized spacial score (nSPS) is 11.1. The topological polar surface area (TPSA) is 112 Å². The van der Waals surface area contributed by atoms with Crippen LogP contribution >= 0.6 is 0 Å². The highest BCUT2D eigenvalue weighted by Crippen LogP contribution is 2.33. The fraction of sp³-hybridized carbons (Fsp3) is 0.167. The van der Waals surface area contributed by atoms with Crippen molar-refractivity contribution in [2.24, 2.45) is 0 Å². The maximum Gasteiger partial charge on any atom is 0.336 e. The minimum Gasteiger partial charge on any atom is -0.478 e. The molecule has 0 aromatic heterocycles. The van der Waals surface area contributed by atoms with Crippen molar-refractivity contribution >= 4 is 17.9 Å². The molecule has 0 amide bonds. The fourth-order valence-corrected chi connectivity index (χ4v) is 2.49. The maximum atomic E-state index is 11.3. The summed E-state index contributed by atoms with van der Waals surface area (Å²) in [6.07, 6.45) is 0. The molecule has 0 saturated heterocycles. The fourth-order valence-electron chi connectivity index (χ4n) is 2.49. The van der Waals surface area contributed by atoms with E-state index in [0.29, 0.717) is 5.56 Å². The van der Waals surface area contributed by atoms with Gasteiger partial charge in [0.15, 0.2) is 0 Å². The molecular formula is C18H16O6. The van der Waals surface area contributed by atoms with Crippen LogP contribution < -0.4 is 0 Å². The van der Waals surface area contributed by atoms with E-state index in [9.17, 15) is 19.5 Å². The van der Waals surface area contributed by atoms with Crippen LogP contribution in [0.25, 0.3) is 0 Å². The van der Waals surface area contributed by atoms with E-state index in [2.05, 4.69) is 0 Å². The van der Waals surface area contributed by atoms with Gasteiger partial charge in [0.1, 0.15) is 0 Å². The van der Waals surface area contributed by atoms with E-state index < -0.39 is 23.3 Å². The minimum atomic E-state index is -1.31. The van der Waals surface area contributed by atoms with Gasteiger partial charge in [-0.05, 0) is 35.4 Å². The average molecular weight is 328 g/mol. The smallest absolute Gasteiger partial charge is 0.336 e. The predicted octanol–water partition coefficient (Wildman–Crippen LogP) is 3.11. The predicted molar refractivity (Wildman–Crippen MR) is 85.9 cm³/mol. The van der Waals surface area contributed by atoms with Crippen LogP contribution in [0.5, 0.6) is 0 Å². The number of hydrogen-bond donors (Lipinski definition) is 3. The maximum absolute atomic E-state index is 11.3. The third kappa shape index (κ3) is 3.12. The average Bonchev–Trinajstić information content (AvgIpc) is 2.54. The minimum absolute atomic E-state index is 0.155. The van der Waals surface area contributed by atoms with Gasteiger partial charge < -0.3 is 15.3 Å². The van der Waals surface area contributed by atoms with E-state index in [1.165, 1.54) is 24.3 Å². The van der Waals surface area contributed by atoms with Gasteiger partial charge >= 0.3 is 17.9 Å². The molecule has 6 nitrogen and oxygen atoms in total. The molecule has 0 unspecified atom stereocenters. The molecule has 0 aliphatic rings. The summed E-state index contributed by atoms with van der Waals surface area (Å²) in [5, 5.41) is 27.3. The Kier molecular flexibility index (Phi) is 4.41. The van der Waals surface area contributed by atoms with Crippen molar-refractivity contribution in [3.05, 3.63) is 70.3 Å². The summed E-state index contributed by atoms with van der Waals surface area (Å²) in [4.78, 5) is 33.4. The Morgan fingerprint density at radius 1 is 0.708 bits per heavy atom. The Balaban J connectivity index is 2.52. The van der Waals surface area contributed by atoms with Crippen molar-refractivity contribution in [3.63, 3.8) is 0 Å². The lowest BCUT2D eigenvalue weighted by molar-refractivity contribution is 0.0651. The van der Waals surface area contributed by atoms with Crippen LogP contribution in [0, 0.1) is 0 Å². The van der Waals surface area contributed by atoms with Crippen molar-refractivity contribution in [1.29, 1.82) is 0 Å². The van der Waals surface area contributed by atoms with Gasteiger partial charge in [-0.1, -0.05) is 32.0 Å². The van der Waals surface area contributed by atoms with Crippen molar-refractivity contribution < 1.29 is 29.7 Å². The van der Waals surface area contributed by atoms with Gasteiger partial charge in [0, 0.05) is 5.41 Å².